The minimum atomic E-state index is -0.291. The SMILES string of the molecule is CC(C)c1noc(CC(C)(C)N)n1. The zero-order valence-electron chi connectivity index (χ0n) is 8.66. The van der Waals surface area contributed by atoms with E-state index in [-0.39, 0.29) is 5.54 Å². The largest absolute Gasteiger partial charge is 0.339 e. The Morgan fingerprint density at radius 1 is 1.46 bits per heavy atom. The standard InChI is InChI=1S/C9H17N3O/c1-6(2)8-11-7(13-12-8)5-9(3,4)10/h6H,5,10H2,1-4H3. The summed E-state index contributed by atoms with van der Waals surface area (Å²) in [4.78, 5) is 4.24. The van der Waals surface area contributed by atoms with Crippen LogP contribution in [0.15, 0.2) is 4.52 Å². The molecule has 0 atom stereocenters. The van der Waals surface area contributed by atoms with Gasteiger partial charge in [-0.15, -0.1) is 0 Å². The quantitative estimate of drug-likeness (QED) is 0.770. The van der Waals surface area contributed by atoms with Gasteiger partial charge in [-0.3, -0.25) is 0 Å². The highest BCUT2D eigenvalue weighted by Gasteiger charge is 2.17. The van der Waals surface area contributed by atoms with Gasteiger partial charge in [0.05, 0.1) is 0 Å². The Morgan fingerprint density at radius 2 is 2.08 bits per heavy atom. The first-order valence-electron chi connectivity index (χ1n) is 4.50. The molecule has 1 aromatic rings. The number of rotatable bonds is 3. The maximum Gasteiger partial charge on any atom is 0.228 e. The number of nitrogens with zero attached hydrogens (tertiary/aromatic N) is 2. The monoisotopic (exact) mass is 183 g/mol. The van der Waals surface area contributed by atoms with Crippen LogP contribution in [0, 0.1) is 0 Å². The third kappa shape index (κ3) is 3.14. The van der Waals surface area contributed by atoms with Crippen molar-refractivity contribution in [1.82, 2.24) is 10.1 Å². The van der Waals surface area contributed by atoms with Gasteiger partial charge in [-0.25, -0.2) is 0 Å². The molecule has 4 nitrogen and oxygen atoms in total. The van der Waals surface area contributed by atoms with Crippen LogP contribution in [0.25, 0.3) is 0 Å². The molecule has 13 heavy (non-hydrogen) atoms. The lowest BCUT2D eigenvalue weighted by atomic mass is 10.0. The van der Waals surface area contributed by atoms with E-state index >= 15 is 0 Å². The first-order valence-corrected chi connectivity index (χ1v) is 4.50. The van der Waals surface area contributed by atoms with Crippen molar-refractivity contribution < 1.29 is 4.52 Å². The Hall–Kier alpha value is -0.900. The number of nitrogens with two attached hydrogens (primary N) is 1. The summed E-state index contributed by atoms with van der Waals surface area (Å²) in [6, 6.07) is 0. The van der Waals surface area contributed by atoms with Gasteiger partial charge in [0, 0.05) is 17.9 Å². The molecule has 0 unspecified atom stereocenters. The summed E-state index contributed by atoms with van der Waals surface area (Å²) >= 11 is 0. The van der Waals surface area contributed by atoms with Crippen molar-refractivity contribution in [2.45, 2.75) is 45.6 Å². The third-order valence-electron chi connectivity index (χ3n) is 1.61. The van der Waals surface area contributed by atoms with Gasteiger partial charge in [-0.2, -0.15) is 4.98 Å². The maximum absolute atomic E-state index is 5.83. The molecular formula is C9H17N3O. The van der Waals surface area contributed by atoms with E-state index in [1.807, 2.05) is 27.7 Å². The summed E-state index contributed by atoms with van der Waals surface area (Å²) in [6.07, 6.45) is 0.618. The van der Waals surface area contributed by atoms with Crippen LogP contribution in [0.5, 0.6) is 0 Å². The van der Waals surface area contributed by atoms with E-state index in [0.717, 1.165) is 5.82 Å². The van der Waals surface area contributed by atoms with Crippen LogP contribution in [-0.2, 0) is 6.42 Å². The molecule has 1 heterocycles. The molecule has 0 aliphatic carbocycles. The third-order valence-corrected chi connectivity index (χ3v) is 1.61. The predicted molar refractivity (Wildman–Crippen MR) is 50.4 cm³/mol. The van der Waals surface area contributed by atoms with E-state index in [9.17, 15) is 0 Å². The van der Waals surface area contributed by atoms with E-state index in [1.54, 1.807) is 0 Å². The van der Waals surface area contributed by atoms with E-state index in [4.69, 9.17) is 10.3 Å². The first kappa shape index (κ1) is 10.2. The Kier molecular flexibility index (Phi) is 2.71. The molecule has 1 rings (SSSR count). The fraction of sp³-hybridized carbons (Fsp3) is 0.778. The van der Waals surface area contributed by atoms with E-state index in [2.05, 4.69) is 10.1 Å². The van der Waals surface area contributed by atoms with Crippen LogP contribution in [0.4, 0.5) is 0 Å². The number of hydrogen-bond acceptors (Lipinski definition) is 4. The zero-order chi connectivity index (χ0) is 10.1. The van der Waals surface area contributed by atoms with Gasteiger partial charge in [-0.1, -0.05) is 19.0 Å². The average molecular weight is 183 g/mol. The molecule has 0 amide bonds. The van der Waals surface area contributed by atoms with Gasteiger partial charge in [0.15, 0.2) is 5.82 Å². The summed E-state index contributed by atoms with van der Waals surface area (Å²) < 4.78 is 5.06. The van der Waals surface area contributed by atoms with Crippen molar-refractivity contribution in [3.63, 3.8) is 0 Å². The molecule has 0 aromatic carbocycles. The fourth-order valence-corrected chi connectivity index (χ4v) is 0.964. The van der Waals surface area contributed by atoms with Crippen LogP contribution in [0.3, 0.4) is 0 Å². The second-order valence-corrected chi connectivity index (χ2v) is 4.37. The van der Waals surface area contributed by atoms with Crippen molar-refractivity contribution in [2.75, 3.05) is 0 Å². The van der Waals surface area contributed by atoms with Crippen molar-refractivity contribution in [2.24, 2.45) is 5.73 Å². The lowest BCUT2D eigenvalue weighted by Gasteiger charge is -2.14. The maximum atomic E-state index is 5.83. The van der Waals surface area contributed by atoms with Gasteiger partial charge >= 0.3 is 0 Å². The molecule has 0 spiro atoms. The van der Waals surface area contributed by atoms with Gasteiger partial charge < -0.3 is 10.3 Å². The Balaban J connectivity index is 2.70. The van der Waals surface area contributed by atoms with Gasteiger partial charge in [0.2, 0.25) is 5.89 Å². The lowest BCUT2D eigenvalue weighted by molar-refractivity contribution is 0.344. The smallest absolute Gasteiger partial charge is 0.228 e. The molecule has 0 radical (unpaired) electrons. The topological polar surface area (TPSA) is 64.9 Å². The molecule has 0 fully saturated rings. The molecule has 0 saturated carbocycles. The molecule has 4 heteroatoms. The minimum Gasteiger partial charge on any atom is -0.339 e. The predicted octanol–water partition coefficient (Wildman–Crippen LogP) is 1.47. The molecule has 74 valence electrons. The molecule has 2 N–H and O–H groups in total. The highest BCUT2D eigenvalue weighted by atomic mass is 16.5. The van der Waals surface area contributed by atoms with Gasteiger partial charge in [0.25, 0.3) is 0 Å². The summed E-state index contributed by atoms with van der Waals surface area (Å²) in [7, 11) is 0. The van der Waals surface area contributed by atoms with Gasteiger partial charge in [-0.05, 0) is 13.8 Å². The lowest BCUT2D eigenvalue weighted by Crippen LogP contribution is -2.34. The number of aromatic nitrogens is 2. The summed E-state index contributed by atoms with van der Waals surface area (Å²) in [5.41, 5.74) is 5.53. The minimum absolute atomic E-state index is 0.291. The normalized spacial score (nSPS) is 12.5. The van der Waals surface area contributed by atoms with Crippen molar-refractivity contribution in [3.05, 3.63) is 11.7 Å². The van der Waals surface area contributed by atoms with Crippen LogP contribution < -0.4 is 5.73 Å². The molecule has 0 saturated heterocycles. The Bertz CT molecular complexity index is 273. The number of hydrogen-bond donors (Lipinski definition) is 1. The second kappa shape index (κ2) is 3.46. The first-order chi connectivity index (χ1) is 5.88. The van der Waals surface area contributed by atoms with E-state index < -0.39 is 0 Å². The molecule has 1 aromatic heterocycles. The van der Waals surface area contributed by atoms with Crippen molar-refractivity contribution >= 4 is 0 Å². The van der Waals surface area contributed by atoms with Crippen LogP contribution in [-0.4, -0.2) is 15.7 Å². The summed E-state index contributed by atoms with van der Waals surface area (Å²) in [5.74, 6) is 1.67. The second-order valence-electron chi connectivity index (χ2n) is 4.37. The molecular weight excluding hydrogens is 166 g/mol. The average Bonchev–Trinajstić information content (AvgIpc) is 2.31. The van der Waals surface area contributed by atoms with E-state index in [0.29, 0.717) is 18.2 Å². The molecule has 0 aliphatic rings. The van der Waals surface area contributed by atoms with E-state index in [1.165, 1.54) is 0 Å². The molecule has 0 aliphatic heterocycles. The highest BCUT2D eigenvalue weighted by Crippen LogP contribution is 2.12. The summed E-state index contributed by atoms with van der Waals surface area (Å²) in [5, 5.41) is 3.86. The van der Waals surface area contributed by atoms with Crippen LogP contribution >= 0.6 is 0 Å². The Morgan fingerprint density at radius 3 is 2.46 bits per heavy atom. The van der Waals surface area contributed by atoms with Crippen LogP contribution in [0.2, 0.25) is 0 Å². The Labute approximate surface area is 78.5 Å². The van der Waals surface area contributed by atoms with Crippen molar-refractivity contribution in [1.29, 1.82) is 0 Å². The van der Waals surface area contributed by atoms with Crippen molar-refractivity contribution in [3.8, 4) is 0 Å². The highest BCUT2D eigenvalue weighted by molar-refractivity contribution is 4.95. The van der Waals surface area contributed by atoms with Gasteiger partial charge in [0.1, 0.15) is 0 Å². The van der Waals surface area contributed by atoms with Crippen LogP contribution in [0.1, 0.15) is 45.3 Å². The fourth-order valence-electron chi connectivity index (χ4n) is 0.964. The summed E-state index contributed by atoms with van der Waals surface area (Å²) in [6.45, 7) is 7.93. The molecule has 0 bridgehead atoms. The zero-order valence-corrected chi connectivity index (χ0v) is 8.66.